The second kappa shape index (κ2) is 6.68. The molecule has 3 rings (SSSR count). The van der Waals surface area contributed by atoms with Crippen molar-refractivity contribution < 1.29 is 0 Å². The Balaban J connectivity index is 1.76. The van der Waals surface area contributed by atoms with E-state index >= 15 is 0 Å². The Labute approximate surface area is 144 Å². The van der Waals surface area contributed by atoms with Crippen LogP contribution in [0.5, 0.6) is 0 Å². The van der Waals surface area contributed by atoms with Gasteiger partial charge in [-0.25, -0.2) is 9.67 Å². The van der Waals surface area contributed by atoms with E-state index in [2.05, 4.69) is 57.1 Å². The van der Waals surface area contributed by atoms with Crippen LogP contribution < -0.4 is 0 Å². The minimum absolute atomic E-state index is 0.849. The first kappa shape index (κ1) is 16.0. The van der Waals surface area contributed by atoms with Gasteiger partial charge in [-0.3, -0.25) is 4.90 Å². The highest BCUT2D eigenvalue weighted by Crippen LogP contribution is 2.21. The molecular formula is C17H20BrN5. The first-order chi connectivity index (χ1) is 11.0. The Kier molecular flexibility index (Phi) is 4.63. The molecule has 6 heteroatoms. The molecule has 0 fully saturated rings. The van der Waals surface area contributed by atoms with E-state index in [1.165, 1.54) is 11.3 Å². The number of rotatable bonds is 5. The van der Waals surface area contributed by atoms with Crippen molar-refractivity contribution in [3.63, 3.8) is 0 Å². The maximum atomic E-state index is 4.65. The average Bonchev–Trinajstić information content (AvgIpc) is 3.07. The molecule has 0 radical (unpaired) electrons. The molecule has 0 bridgehead atoms. The lowest BCUT2D eigenvalue weighted by molar-refractivity contribution is 0.311. The van der Waals surface area contributed by atoms with Gasteiger partial charge in [-0.1, -0.05) is 12.1 Å². The first-order valence-electron chi connectivity index (χ1n) is 7.48. The maximum absolute atomic E-state index is 4.65. The van der Waals surface area contributed by atoms with Gasteiger partial charge in [0.25, 0.3) is 0 Å². The SMILES string of the molecule is Cc1nn(-c2ccccc2Br)cc1CN(C)Cc1cncn1C. The van der Waals surface area contributed by atoms with E-state index in [1.807, 2.05) is 47.0 Å². The van der Waals surface area contributed by atoms with Gasteiger partial charge in [0.05, 0.1) is 23.4 Å². The highest BCUT2D eigenvalue weighted by Gasteiger charge is 2.11. The van der Waals surface area contributed by atoms with Crippen LogP contribution in [0.15, 0.2) is 47.5 Å². The van der Waals surface area contributed by atoms with Crippen LogP contribution in [0.1, 0.15) is 17.0 Å². The van der Waals surface area contributed by atoms with Crippen molar-refractivity contribution in [3.8, 4) is 5.69 Å². The number of hydrogen-bond acceptors (Lipinski definition) is 3. The summed E-state index contributed by atoms with van der Waals surface area (Å²) >= 11 is 3.58. The van der Waals surface area contributed by atoms with Crippen molar-refractivity contribution in [2.75, 3.05) is 7.05 Å². The van der Waals surface area contributed by atoms with E-state index < -0.39 is 0 Å². The molecule has 1 aromatic carbocycles. The largest absolute Gasteiger partial charge is 0.337 e. The van der Waals surface area contributed by atoms with E-state index in [0.29, 0.717) is 0 Å². The fourth-order valence-corrected chi connectivity index (χ4v) is 3.04. The number of aromatic nitrogens is 4. The molecule has 0 aliphatic carbocycles. The Morgan fingerprint density at radius 3 is 2.70 bits per heavy atom. The molecule has 0 saturated heterocycles. The molecule has 0 N–H and O–H groups in total. The fourth-order valence-electron chi connectivity index (χ4n) is 2.57. The molecule has 0 amide bonds. The third-order valence-electron chi connectivity index (χ3n) is 3.89. The van der Waals surface area contributed by atoms with Crippen molar-refractivity contribution in [1.29, 1.82) is 0 Å². The lowest BCUT2D eigenvalue weighted by Crippen LogP contribution is -2.19. The fraction of sp³-hybridized carbons (Fsp3) is 0.294. The molecule has 23 heavy (non-hydrogen) atoms. The molecule has 0 aliphatic rings. The van der Waals surface area contributed by atoms with Gasteiger partial charge in [0, 0.05) is 42.6 Å². The lowest BCUT2D eigenvalue weighted by atomic mass is 10.2. The topological polar surface area (TPSA) is 38.9 Å². The zero-order valence-corrected chi connectivity index (χ0v) is 15.2. The summed E-state index contributed by atoms with van der Waals surface area (Å²) in [5.41, 5.74) is 4.53. The Hall–Kier alpha value is -1.92. The van der Waals surface area contributed by atoms with E-state index in [4.69, 9.17) is 0 Å². The van der Waals surface area contributed by atoms with Crippen molar-refractivity contribution in [3.05, 3.63) is 64.4 Å². The predicted octanol–water partition coefficient (Wildman–Crippen LogP) is 3.31. The van der Waals surface area contributed by atoms with Gasteiger partial charge in [-0.2, -0.15) is 5.10 Å². The van der Waals surface area contributed by atoms with Gasteiger partial charge in [-0.15, -0.1) is 0 Å². The number of nitrogens with zero attached hydrogens (tertiary/aromatic N) is 5. The third kappa shape index (κ3) is 3.54. The molecule has 2 aromatic heterocycles. The zero-order valence-electron chi connectivity index (χ0n) is 13.6. The van der Waals surface area contributed by atoms with Crippen LogP contribution in [0.3, 0.4) is 0 Å². The molecule has 0 unspecified atom stereocenters. The first-order valence-corrected chi connectivity index (χ1v) is 8.27. The van der Waals surface area contributed by atoms with Gasteiger partial charge in [-0.05, 0) is 42.0 Å². The van der Waals surface area contributed by atoms with Crippen LogP contribution in [0.4, 0.5) is 0 Å². The molecule has 5 nitrogen and oxygen atoms in total. The zero-order chi connectivity index (χ0) is 16.4. The smallest absolute Gasteiger partial charge is 0.0945 e. The van der Waals surface area contributed by atoms with Crippen molar-refractivity contribution in [2.45, 2.75) is 20.0 Å². The van der Waals surface area contributed by atoms with E-state index in [0.717, 1.165) is 28.9 Å². The molecule has 2 heterocycles. The van der Waals surface area contributed by atoms with Crippen molar-refractivity contribution in [1.82, 2.24) is 24.2 Å². The van der Waals surface area contributed by atoms with Crippen LogP contribution >= 0.6 is 15.9 Å². The van der Waals surface area contributed by atoms with E-state index in [9.17, 15) is 0 Å². The maximum Gasteiger partial charge on any atom is 0.0945 e. The number of aryl methyl sites for hydroxylation is 2. The predicted molar refractivity (Wildman–Crippen MR) is 94.4 cm³/mol. The van der Waals surface area contributed by atoms with Crippen LogP contribution in [-0.2, 0) is 20.1 Å². The molecule has 0 aliphatic heterocycles. The van der Waals surface area contributed by atoms with Crippen LogP contribution in [0.2, 0.25) is 0 Å². The van der Waals surface area contributed by atoms with Gasteiger partial charge >= 0.3 is 0 Å². The molecular weight excluding hydrogens is 354 g/mol. The number of para-hydroxylation sites is 1. The number of halogens is 1. The quantitative estimate of drug-likeness (QED) is 0.688. The Morgan fingerprint density at radius 2 is 2.00 bits per heavy atom. The molecule has 120 valence electrons. The van der Waals surface area contributed by atoms with Crippen LogP contribution in [0, 0.1) is 6.92 Å². The lowest BCUT2D eigenvalue weighted by Gasteiger charge is -2.16. The number of imidazole rings is 1. The highest BCUT2D eigenvalue weighted by molar-refractivity contribution is 9.10. The van der Waals surface area contributed by atoms with Gasteiger partial charge in [0.1, 0.15) is 0 Å². The number of hydrogen-bond donors (Lipinski definition) is 0. The summed E-state index contributed by atoms with van der Waals surface area (Å²) in [4.78, 5) is 6.44. The summed E-state index contributed by atoms with van der Waals surface area (Å²) < 4.78 is 5.03. The van der Waals surface area contributed by atoms with E-state index in [-0.39, 0.29) is 0 Å². The molecule has 0 spiro atoms. The monoisotopic (exact) mass is 373 g/mol. The van der Waals surface area contributed by atoms with Gasteiger partial charge in [0.2, 0.25) is 0 Å². The minimum atomic E-state index is 0.849. The minimum Gasteiger partial charge on any atom is -0.337 e. The Morgan fingerprint density at radius 1 is 1.22 bits per heavy atom. The summed E-state index contributed by atoms with van der Waals surface area (Å²) in [6.45, 7) is 3.76. The van der Waals surface area contributed by atoms with Crippen molar-refractivity contribution >= 4 is 15.9 Å². The third-order valence-corrected chi connectivity index (χ3v) is 4.56. The second-order valence-corrected chi connectivity index (χ2v) is 6.66. The summed E-state index contributed by atoms with van der Waals surface area (Å²) in [5, 5.41) is 4.65. The van der Waals surface area contributed by atoms with Crippen LogP contribution in [0.25, 0.3) is 5.69 Å². The standard InChI is InChI=1S/C17H20BrN5/c1-13-14(9-21(2)11-15-8-19-12-22(15)3)10-23(20-13)17-7-5-4-6-16(17)18/h4-8,10,12H,9,11H2,1-3H3. The molecule has 0 saturated carbocycles. The summed E-state index contributed by atoms with van der Waals surface area (Å²) in [5.74, 6) is 0. The van der Waals surface area contributed by atoms with Gasteiger partial charge in [0.15, 0.2) is 0 Å². The summed E-state index contributed by atoms with van der Waals surface area (Å²) in [7, 11) is 4.13. The normalized spacial score (nSPS) is 11.3. The van der Waals surface area contributed by atoms with Crippen molar-refractivity contribution in [2.24, 2.45) is 7.05 Å². The second-order valence-electron chi connectivity index (χ2n) is 5.80. The van der Waals surface area contributed by atoms with Gasteiger partial charge < -0.3 is 4.57 Å². The number of benzene rings is 1. The average molecular weight is 374 g/mol. The Bertz CT molecular complexity index is 805. The summed E-state index contributed by atoms with van der Waals surface area (Å²) in [6.07, 6.45) is 5.85. The van der Waals surface area contributed by atoms with E-state index in [1.54, 1.807) is 0 Å². The summed E-state index contributed by atoms with van der Waals surface area (Å²) in [6, 6.07) is 8.11. The molecule has 0 atom stereocenters. The molecule has 3 aromatic rings. The highest BCUT2D eigenvalue weighted by atomic mass is 79.9. The van der Waals surface area contributed by atoms with Crippen LogP contribution in [-0.4, -0.2) is 31.3 Å².